The molecular weight excluding hydrogens is 424 g/mol. The number of pyridine rings is 1. The van der Waals surface area contributed by atoms with Gasteiger partial charge in [0, 0.05) is 50.0 Å². The number of hydrogen-bond donors (Lipinski definition) is 0. The number of carbonyl (C=O) groups excluding carboxylic acids is 1. The van der Waals surface area contributed by atoms with Gasteiger partial charge in [-0.2, -0.15) is 0 Å². The summed E-state index contributed by atoms with van der Waals surface area (Å²) in [6.45, 7) is 3.64. The fraction of sp³-hybridized carbons (Fsp3) is 0.214. The van der Waals surface area contributed by atoms with Crippen molar-refractivity contribution >= 4 is 34.0 Å². The first-order valence-electron chi connectivity index (χ1n) is 11.6. The highest BCUT2D eigenvalue weighted by molar-refractivity contribution is 5.94. The molecule has 0 saturated carbocycles. The predicted molar refractivity (Wildman–Crippen MR) is 138 cm³/mol. The van der Waals surface area contributed by atoms with Gasteiger partial charge in [-0.05, 0) is 42.5 Å². The van der Waals surface area contributed by atoms with Crippen molar-refractivity contribution in [3.05, 3.63) is 91.0 Å². The fourth-order valence-electron chi connectivity index (χ4n) is 4.27. The number of aromatic nitrogens is 1. The number of amides is 1. The molecule has 5 rings (SSSR count). The zero-order chi connectivity index (χ0) is 23.3. The van der Waals surface area contributed by atoms with Gasteiger partial charge in [-0.1, -0.05) is 48.5 Å². The lowest BCUT2D eigenvalue weighted by atomic mass is 10.2. The zero-order valence-electron chi connectivity index (χ0n) is 19.3. The summed E-state index contributed by atoms with van der Waals surface area (Å²) in [5.41, 5.74) is 2.87. The zero-order valence-corrected chi connectivity index (χ0v) is 19.3. The van der Waals surface area contributed by atoms with E-state index in [4.69, 9.17) is 9.72 Å². The maximum Gasteiger partial charge on any atom is 0.264 e. The lowest BCUT2D eigenvalue weighted by molar-refractivity contribution is -0.120. The number of ether oxygens (including phenoxy) is 1. The number of carbonyl (C=O) groups is 1. The van der Waals surface area contributed by atoms with Gasteiger partial charge in [0.15, 0.2) is 6.61 Å². The largest absolute Gasteiger partial charge is 0.481 e. The van der Waals surface area contributed by atoms with Crippen molar-refractivity contribution in [1.82, 2.24) is 4.98 Å². The van der Waals surface area contributed by atoms with Crippen LogP contribution in [0.2, 0.25) is 0 Å². The number of hydrogen-bond acceptors (Lipinski definition) is 5. The molecule has 0 bridgehead atoms. The van der Waals surface area contributed by atoms with Crippen LogP contribution in [-0.2, 0) is 4.79 Å². The van der Waals surface area contributed by atoms with Crippen molar-refractivity contribution in [3.63, 3.8) is 0 Å². The Morgan fingerprint density at radius 1 is 0.824 bits per heavy atom. The highest BCUT2D eigenvalue weighted by Crippen LogP contribution is 2.27. The number of nitrogens with zero attached hydrogens (tertiary/aromatic N) is 4. The second kappa shape index (κ2) is 9.83. The minimum atomic E-state index is -0.114. The summed E-state index contributed by atoms with van der Waals surface area (Å²) in [4.78, 5) is 23.9. The third-order valence-corrected chi connectivity index (χ3v) is 6.26. The molecule has 1 aliphatic heterocycles. The Kier molecular flexibility index (Phi) is 6.29. The molecule has 6 heteroatoms. The number of benzene rings is 3. The minimum absolute atomic E-state index is 0.0494. The van der Waals surface area contributed by atoms with Crippen LogP contribution < -0.4 is 19.4 Å². The molecule has 0 atom stereocenters. The Hall–Kier alpha value is -4.06. The van der Waals surface area contributed by atoms with Crippen molar-refractivity contribution < 1.29 is 9.53 Å². The van der Waals surface area contributed by atoms with Gasteiger partial charge in [0.05, 0.1) is 0 Å². The summed E-state index contributed by atoms with van der Waals surface area (Å²) in [6, 6.07) is 30.1. The molecule has 6 nitrogen and oxygen atoms in total. The maximum absolute atomic E-state index is 12.7. The topological polar surface area (TPSA) is 48.9 Å². The lowest BCUT2D eigenvalue weighted by Gasteiger charge is -2.36. The van der Waals surface area contributed by atoms with E-state index in [0.29, 0.717) is 5.75 Å². The van der Waals surface area contributed by atoms with Gasteiger partial charge in [-0.25, -0.2) is 4.98 Å². The van der Waals surface area contributed by atoms with E-state index < -0.39 is 0 Å². The summed E-state index contributed by atoms with van der Waals surface area (Å²) in [6.07, 6.45) is 0. The quantitative estimate of drug-likeness (QED) is 0.428. The number of para-hydroxylation sites is 3. The second-order valence-electron chi connectivity index (χ2n) is 8.38. The van der Waals surface area contributed by atoms with Crippen LogP contribution in [0.1, 0.15) is 0 Å². The molecule has 1 aromatic heterocycles. The SMILES string of the molecule is CN(C(=O)COc1cccc2ccc(N3CCN(c4ccccc4)CC3)nc12)c1ccccc1. The smallest absolute Gasteiger partial charge is 0.264 e. The van der Waals surface area contributed by atoms with E-state index in [1.807, 2.05) is 54.6 Å². The molecular formula is C28H28N4O2. The average Bonchev–Trinajstić information content (AvgIpc) is 2.92. The molecule has 3 aromatic carbocycles. The van der Waals surface area contributed by atoms with E-state index >= 15 is 0 Å². The number of anilines is 3. The van der Waals surface area contributed by atoms with E-state index in [2.05, 4.69) is 46.2 Å². The van der Waals surface area contributed by atoms with Crippen LogP contribution >= 0.6 is 0 Å². The summed E-state index contributed by atoms with van der Waals surface area (Å²) in [5, 5.41) is 0.994. The molecule has 0 radical (unpaired) electrons. The molecule has 172 valence electrons. The fourth-order valence-corrected chi connectivity index (χ4v) is 4.27. The Morgan fingerprint density at radius 2 is 1.50 bits per heavy atom. The molecule has 0 spiro atoms. The van der Waals surface area contributed by atoms with Crippen molar-refractivity contribution in [2.24, 2.45) is 0 Å². The highest BCUT2D eigenvalue weighted by Gasteiger charge is 2.19. The first-order valence-corrected chi connectivity index (χ1v) is 11.6. The van der Waals surface area contributed by atoms with Gasteiger partial charge < -0.3 is 19.4 Å². The summed E-state index contributed by atoms with van der Waals surface area (Å²) >= 11 is 0. The van der Waals surface area contributed by atoms with Gasteiger partial charge in [0.25, 0.3) is 5.91 Å². The van der Waals surface area contributed by atoms with Crippen molar-refractivity contribution in [1.29, 1.82) is 0 Å². The third kappa shape index (κ3) is 4.66. The normalized spacial score (nSPS) is 13.7. The first-order chi connectivity index (χ1) is 16.7. The van der Waals surface area contributed by atoms with Crippen LogP contribution in [-0.4, -0.2) is 50.7 Å². The van der Waals surface area contributed by atoms with Crippen LogP contribution in [0, 0.1) is 0 Å². The molecule has 0 aliphatic carbocycles. The van der Waals surface area contributed by atoms with Crippen molar-refractivity contribution in [2.75, 3.05) is 54.5 Å². The Morgan fingerprint density at radius 3 is 2.24 bits per heavy atom. The number of piperazine rings is 1. The van der Waals surface area contributed by atoms with Crippen LogP contribution in [0.3, 0.4) is 0 Å². The summed E-state index contributed by atoms with van der Waals surface area (Å²) in [5.74, 6) is 1.44. The molecule has 4 aromatic rings. The number of likely N-dealkylation sites (N-methyl/N-ethyl adjacent to an activating group) is 1. The molecule has 2 heterocycles. The molecule has 1 amide bonds. The molecule has 34 heavy (non-hydrogen) atoms. The second-order valence-corrected chi connectivity index (χ2v) is 8.38. The van der Waals surface area contributed by atoms with Gasteiger partial charge in [-0.15, -0.1) is 0 Å². The predicted octanol–water partition coefficient (Wildman–Crippen LogP) is 4.60. The van der Waals surface area contributed by atoms with Crippen LogP contribution in [0.25, 0.3) is 10.9 Å². The van der Waals surface area contributed by atoms with Crippen LogP contribution in [0.5, 0.6) is 5.75 Å². The van der Waals surface area contributed by atoms with Crippen LogP contribution in [0.15, 0.2) is 91.0 Å². The number of fused-ring (bicyclic) bond motifs is 1. The molecule has 0 N–H and O–H groups in total. The van der Waals surface area contributed by atoms with Gasteiger partial charge in [0.2, 0.25) is 0 Å². The van der Waals surface area contributed by atoms with E-state index in [1.165, 1.54) is 5.69 Å². The average molecular weight is 453 g/mol. The van der Waals surface area contributed by atoms with E-state index in [0.717, 1.165) is 48.6 Å². The minimum Gasteiger partial charge on any atom is -0.481 e. The lowest BCUT2D eigenvalue weighted by Crippen LogP contribution is -2.46. The molecule has 1 aliphatic rings. The maximum atomic E-state index is 12.7. The standard InChI is InChI=1S/C28H28N4O2/c1-30(23-10-4-2-5-11-23)27(33)21-34-25-14-8-9-22-15-16-26(29-28(22)25)32-19-17-31(18-20-32)24-12-6-3-7-13-24/h2-16H,17-21H2,1H3. The summed E-state index contributed by atoms with van der Waals surface area (Å²) in [7, 11) is 1.76. The molecule has 1 fully saturated rings. The van der Waals surface area contributed by atoms with Gasteiger partial charge in [0.1, 0.15) is 17.1 Å². The summed E-state index contributed by atoms with van der Waals surface area (Å²) < 4.78 is 5.96. The monoisotopic (exact) mass is 452 g/mol. The molecule has 0 unspecified atom stereocenters. The van der Waals surface area contributed by atoms with Gasteiger partial charge in [-0.3, -0.25) is 4.79 Å². The van der Waals surface area contributed by atoms with E-state index in [1.54, 1.807) is 11.9 Å². The van der Waals surface area contributed by atoms with Crippen LogP contribution in [0.4, 0.5) is 17.2 Å². The highest BCUT2D eigenvalue weighted by atomic mass is 16.5. The first kappa shape index (κ1) is 21.8. The third-order valence-electron chi connectivity index (χ3n) is 6.26. The Balaban J connectivity index is 1.28. The van der Waals surface area contributed by atoms with Gasteiger partial charge >= 0.3 is 0 Å². The Labute approximate surface area is 200 Å². The molecule has 1 saturated heterocycles. The van der Waals surface area contributed by atoms with Crippen molar-refractivity contribution in [2.45, 2.75) is 0 Å². The van der Waals surface area contributed by atoms with Crippen molar-refractivity contribution in [3.8, 4) is 5.75 Å². The Bertz CT molecular complexity index is 1260. The van der Waals surface area contributed by atoms with E-state index in [-0.39, 0.29) is 12.5 Å². The number of rotatable bonds is 6. The van der Waals surface area contributed by atoms with E-state index in [9.17, 15) is 4.79 Å².